The number of nitrogens with one attached hydrogen (secondary N) is 2. The van der Waals surface area contributed by atoms with Gasteiger partial charge in [-0.15, -0.1) is 0 Å². The fourth-order valence-corrected chi connectivity index (χ4v) is 4.67. The van der Waals surface area contributed by atoms with Gasteiger partial charge in [-0.05, 0) is 31.0 Å². The number of rotatable bonds is 7. The first-order valence-electron chi connectivity index (χ1n) is 12.3. The van der Waals surface area contributed by atoms with E-state index in [1.54, 1.807) is 6.92 Å². The van der Waals surface area contributed by atoms with Crippen LogP contribution in [0.2, 0.25) is 5.15 Å². The largest absolute Gasteiger partial charge is 0.547 e. The number of hydrogen-bond donors (Lipinski definition) is 5. The summed E-state index contributed by atoms with van der Waals surface area (Å²) in [5, 5.41) is 32.9. The lowest BCUT2D eigenvalue weighted by molar-refractivity contribution is -0.153. The van der Waals surface area contributed by atoms with E-state index in [0.717, 1.165) is 0 Å². The Morgan fingerprint density at radius 2 is 1.86 bits per heavy atom. The summed E-state index contributed by atoms with van der Waals surface area (Å²) < 4.78 is 20.4. The van der Waals surface area contributed by atoms with Gasteiger partial charge >= 0.3 is 36.9 Å². The van der Waals surface area contributed by atoms with Crippen LogP contribution in [0.1, 0.15) is 44.9 Å². The summed E-state index contributed by atoms with van der Waals surface area (Å²) in [5.74, 6) is -9.03. The molecule has 0 saturated carbocycles. The molecule has 0 bridgehead atoms. The number of pyridine rings is 1. The quantitative estimate of drug-likeness (QED) is 0.159. The van der Waals surface area contributed by atoms with Crippen LogP contribution in [0.25, 0.3) is 0 Å². The summed E-state index contributed by atoms with van der Waals surface area (Å²) in [5.41, 5.74) is -1.49. The summed E-state index contributed by atoms with van der Waals surface area (Å²) in [6, 6.07) is 1.34. The van der Waals surface area contributed by atoms with Crippen molar-refractivity contribution < 1.29 is 53.0 Å². The third-order valence-electron chi connectivity index (χ3n) is 6.60. The highest BCUT2D eigenvalue weighted by Crippen LogP contribution is 2.30. The lowest BCUT2D eigenvalue weighted by atomic mass is 9.72. The number of fused-ring (bicyclic) bond motifs is 1. The predicted octanol–water partition coefficient (Wildman–Crippen LogP) is -0.148. The maximum Gasteiger partial charge on any atom is 0.547 e. The Labute approximate surface area is 241 Å². The molecule has 42 heavy (non-hydrogen) atoms. The minimum atomic E-state index is -2.05. The molecule has 2 atom stereocenters. The monoisotopic (exact) mass is 605 g/mol. The third-order valence-corrected chi connectivity index (χ3v) is 6.89. The van der Waals surface area contributed by atoms with Gasteiger partial charge in [0.05, 0.1) is 17.1 Å². The molecule has 5 amide bonds. The van der Waals surface area contributed by atoms with Crippen LogP contribution in [0.15, 0.2) is 24.3 Å². The molecule has 2 aliphatic heterocycles. The first-order valence-corrected chi connectivity index (χ1v) is 12.7. The van der Waals surface area contributed by atoms with Crippen LogP contribution in [0.5, 0.6) is 5.75 Å². The second-order valence-corrected chi connectivity index (χ2v) is 9.51. The van der Waals surface area contributed by atoms with Gasteiger partial charge in [0.2, 0.25) is 5.91 Å². The highest BCUT2D eigenvalue weighted by molar-refractivity contribution is 6.47. The second kappa shape index (κ2) is 12.0. The van der Waals surface area contributed by atoms with Crippen LogP contribution in [0.4, 0.5) is 9.18 Å². The van der Waals surface area contributed by atoms with Crippen LogP contribution in [0, 0.1) is 5.82 Å². The molecule has 15 nitrogen and oxygen atoms in total. The van der Waals surface area contributed by atoms with Crippen molar-refractivity contribution in [1.29, 1.82) is 0 Å². The van der Waals surface area contributed by atoms with Crippen molar-refractivity contribution in [1.82, 2.24) is 25.4 Å². The standard InChI is InChI=1S/C24H22BClFN5O10/c1-2-31-6-7-32(21(35)20(31)34)24(40)30-16(15-13(27)9-12(23(38)39)18(26)29-15)19(33)28-14-8-10-4-3-5-11(22(36)37)17(10)42-25(14)41/h3-5,9,14,16,41H,2,6-8H2,1H3,(H,28,33)(H,30,40)(H,36,37)(H,38,39)/t14-,16?/m0/s1. The molecule has 2 aromatic rings. The number of hydrogen-bond acceptors (Lipinski definition) is 9. The van der Waals surface area contributed by atoms with E-state index >= 15 is 4.39 Å². The van der Waals surface area contributed by atoms with E-state index in [1.165, 1.54) is 23.1 Å². The summed E-state index contributed by atoms with van der Waals surface area (Å²) in [4.78, 5) is 79.6. The zero-order chi connectivity index (χ0) is 30.9. The molecule has 1 aromatic carbocycles. The molecule has 18 heteroatoms. The Kier molecular flexibility index (Phi) is 8.63. The van der Waals surface area contributed by atoms with Crippen molar-refractivity contribution in [3.63, 3.8) is 0 Å². The third kappa shape index (κ3) is 5.82. The Morgan fingerprint density at radius 1 is 1.17 bits per heavy atom. The summed E-state index contributed by atoms with van der Waals surface area (Å²) in [7, 11) is -1.78. The average molecular weight is 606 g/mol. The summed E-state index contributed by atoms with van der Waals surface area (Å²) in [6.07, 6.45) is -0.148. The van der Waals surface area contributed by atoms with Gasteiger partial charge < -0.3 is 35.4 Å². The number of carbonyl (C=O) groups excluding carboxylic acids is 4. The summed E-state index contributed by atoms with van der Waals surface area (Å²) in [6.45, 7) is 1.59. The van der Waals surface area contributed by atoms with Crippen LogP contribution in [-0.4, -0.2) is 98.4 Å². The minimum Gasteiger partial charge on any atom is -0.534 e. The molecule has 0 spiro atoms. The number of carboxylic acid groups (broad SMARTS) is 2. The number of amides is 5. The number of imide groups is 1. The van der Waals surface area contributed by atoms with Gasteiger partial charge in [-0.3, -0.25) is 19.3 Å². The van der Waals surface area contributed by atoms with Crippen LogP contribution < -0.4 is 15.3 Å². The first-order chi connectivity index (χ1) is 19.8. The van der Waals surface area contributed by atoms with E-state index in [0.29, 0.717) is 16.5 Å². The molecule has 1 unspecified atom stereocenters. The molecule has 2 aliphatic rings. The van der Waals surface area contributed by atoms with E-state index in [2.05, 4.69) is 15.6 Å². The highest BCUT2D eigenvalue weighted by Gasteiger charge is 2.42. The van der Waals surface area contributed by atoms with Crippen LogP contribution in [0.3, 0.4) is 0 Å². The molecular weight excluding hydrogens is 584 g/mol. The molecule has 1 saturated heterocycles. The Bertz CT molecular complexity index is 1510. The minimum absolute atomic E-state index is 0.000446. The molecule has 0 aliphatic carbocycles. The molecule has 4 rings (SSSR count). The van der Waals surface area contributed by atoms with Crippen molar-refractivity contribution in [2.75, 3.05) is 19.6 Å². The average Bonchev–Trinajstić information content (AvgIpc) is 2.94. The first kappa shape index (κ1) is 30.2. The number of likely N-dealkylation sites (N-methyl/N-ethyl adjacent to an activating group) is 1. The molecule has 0 radical (unpaired) electrons. The molecule has 1 fully saturated rings. The number of piperazine rings is 1. The van der Waals surface area contributed by atoms with Gasteiger partial charge in [-0.2, -0.15) is 0 Å². The van der Waals surface area contributed by atoms with Gasteiger partial charge in [0.25, 0.3) is 0 Å². The number of carboxylic acids is 2. The van der Waals surface area contributed by atoms with Crippen molar-refractivity contribution in [2.45, 2.75) is 25.3 Å². The van der Waals surface area contributed by atoms with Gasteiger partial charge in [-0.1, -0.05) is 23.7 Å². The van der Waals surface area contributed by atoms with E-state index in [-0.39, 0.29) is 37.4 Å². The maximum absolute atomic E-state index is 15.1. The molecule has 1 aromatic heterocycles. The second-order valence-electron chi connectivity index (χ2n) is 9.15. The molecule has 220 valence electrons. The fraction of sp³-hybridized carbons (Fsp3) is 0.292. The lowest BCUT2D eigenvalue weighted by Gasteiger charge is -2.33. The number of aromatic carboxylic acids is 2. The van der Waals surface area contributed by atoms with E-state index < -0.39 is 77.0 Å². The number of urea groups is 1. The number of carbonyl (C=O) groups is 6. The van der Waals surface area contributed by atoms with E-state index in [1.807, 2.05) is 0 Å². The molecule has 5 N–H and O–H groups in total. The summed E-state index contributed by atoms with van der Waals surface area (Å²) >= 11 is 5.89. The lowest BCUT2D eigenvalue weighted by Crippen LogP contribution is -2.60. The Balaban J connectivity index is 1.64. The van der Waals surface area contributed by atoms with E-state index in [4.69, 9.17) is 16.3 Å². The maximum atomic E-state index is 15.1. The van der Waals surface area contributed by atoms with Crippen molar-refractivity contribution >= 4 is 54.4 Å². The zero-order valence-corrected chi connectivity index (χ0v) is 22.4. The topological polar surface area (TPSA) is 216 Å². The van der Waals surface area contributed by atoms with Crippen molar-refractivity contribution in [2.24, 2.45) is 0 Å². The Hall–Kier alpha value is -4.77. The van der Waals surface area contributed by atoms with Crippen molar-refractivity contribution in [3.8, 4) is 5.75 Å². The number of benzene rings is 1. The van der Waals surface area contributed by atoms with Gasteiger partial charge in [0.15, 0.2) is 6.04 Å². The fourth-order valence-electron chi connectivity index (χ4n) is 4.44. The molecule has 3 heterocycles. The zero-order valence-electron chi connectivity index (χ0n) is 21.7. The smallest absolute Gasteiger partial charge is 0.534 e. The van der Waals surface area contributed by atoms with Gasteiger partial charge in [0, 0.05) is 19.6 Å². The normalized spacial score (nSPS) is 17.2. The van der Waals surface area contributed by atoms with Crippen molar-refractivity contribution in [3.05, 3.63) is 57.6 Å². The molecular formula is C24H22BClFN5O10. The van der Waals surface area contributed by atoms with Crippen LogP contribution in [-0.2, 0) is 20.8 Å². The SMILES string of the molecule is CCN1CCN(C(=O)NC(C(=O)N[C@H]2Cc3cccc(C(=O)O)c3OB2O)c2nc(Cl)c(C(=O)O)cc2F)C(=O)C1=O. The van der Waals surface area contributed by atoms with Crippen LogP contribution >= 0.6 is 11.6 Å². The number of nitrogens with zero attached hydrogens (tertiary/aromatic N) is 3. The van der Waals surface area contributed by atoms with Gasteiger partial charge in [0.1, 0.15) is 22.4 Å². The predicted molar refractivity (Wildman–Crippen MR) is 139 cm³/mol. The number of halogens is 2. The van der Waals surface area contributed by atoms with E-state index in [9.17, 15) is 44.0 Å². The highest BCUT2D eigenvalue weighted by atomic mass is 35.5. The Morgan fingerprint density at radius 3 is 2.50 bits per heavy atom. The number of aromatic nitrogens is 1. The number of para-hydroxylation sites is 1. The van der Waals surface area contributed by atoms with Gasteiger partial charge in [-0.25, -0.2) is 23.8 Å².